The van der Waals surface area contributed by atoms with Gasteiger partial charge < -0.3 is 4.84 Å². The van der Waals surface area contributed by atoms with Crippen LogP contribution in [0.25, 0.3) is 10.9 Å². The zero-order chi connectivity index (χ0) is 7.68. The standard InChI is InChI=1S/C8H8NOP/c1-10-9-8-5-3-2-4-7(8)6-11-9/h2-6H,1H3. The van der Waals surface area contributed by atoms with E-state index in [9.17, 15) is 0 Å². The fourth-order valence-electron chi connectivity index (χ4n) is 1.09. The maximum absolute atomic E-state index is 5.13. The van der Waals surface area contributed by atoms with Gasteiger partial charge in [0.15, 0.2) is 0 Å². The predicted molar refractivity (Wildman–Crippen MR) is 47.0 cm³/mol. The summed E-state index contributed by atoms with van der Waals surface area (Å²) < 4.78 is 1.84. The van der Waals surface area contributed by atoms with Crippen molar-refractivity contribution < 1.29 is 4.84 Å². The third kappa shape index (κ3) is 0.997. The molecule has 56 valence electrons. The molecule has 2 nitrogen and oxygen atoms in total. The van der Waals surface area contributed by atoms with Gasteiger partial charge in [-0.05, 0) is 11.9 Å². The molecule has 0 saturated carbocycles. The molecule has 0 radical (unpaired) electrons. The molecule has 0 aliphatic heterocycles. The maximum atomic E-state index is 5.13. The summed E-state index contributed by atoms with van der Waals surface area (Å²) in [6.45, 7) is 0. The van der Waals surface area contributed by atoms with E-state index < -0.39 is 0 Å². The summed E-state index contributed by atoms with van der Waals surface area (Å²) in [4.78, 5) is 5.13. The lowest BCUT2D eigenvalue weighted by atomic mass is 10.3. The monoisotopic (exact) mass is 165 g/mol. The van der Waals surface area contributed by atoms with E-state index in [2.05, 4.69) is 17.9 Å². The lowest BCUT2D eigenvalue weighted by Crippen LogP contribution is -1.99. The second-order valence-electron chi connectivity index (χ2n) is 2.26. The number of hydrogen-bond acceptors (Lipinski definition) is 1. The molecule has 0 unspecified atom stereocenters. The van der Waals surface area contributed by atoms with E-state index >= 15 is 0 Å². The Bertz CT molecular complexity index is 369. The summed E-state index contributed by atoms with van der Waals surface area (Å²) in [6, 6.07) is 8.18. The molecule has 1 aromatic heterocycles. The van der Waals surface area contributed by atoms with Gasteiger partial charge in [-0.1, -0.05) is 18.2 Å². The predicted octanol–water partition coefficient (Wildman–Crippen LogP) is 2.28. The van der Waals surface area contributed by atoms with E-state index in [1.165, 1.54) is 5.39 Å². The van der Waals surface area contributed by atoms with Crippen LogP contribution in [0.5, 0.6) is 0 Å². The number of hydrogen-bond donors (Lipinski definition) is 0. The van der Waals surface area contributed by atoms with Gasteiger partial charge in [-0.15, -0.1) is 0 Å². The van der Waals surface area contributed by atoms with Gasteiger partial charge in [0.2, 0.25) is 0 Å². The lowest BCUT2D eigenvalue weighted by molar-refractivity contribution is 0.207. The molecular weight excluding hydrogens is 157 g/mol. The quantitative estimate of drug-likeness (QED) is 0.632. The first kappa shape index (κ1) is 6.68. The molecule has 1 aromatic carbocycles. The van der Waals surface area contributed by atoms with Crippen LogP contribution in [0.4, 0.5) is 0 Å². The molecule has 0 aliphatic rings. The molecule has 2 rings (SSSR count). The number of para-hydroxylation sites is 1. The number of fused-ring (bicyclic) bond motifs is 1. The highest BCUT2D eigenvalue weighted by Gasteiger charge is 1.97. The molecule has 0 saturated heterocycles. The molecular formula is C8H8NOP. The topological polar surface area (TPSA) is 14.2 Å². The van der Waals surface area contributed by atoms with Crippen LogP contribution in [0.3, 0.4) is 0 Å². The highest BCUT2D eigenvalue weighted by Crippen LogP contribution is 2.20. The van der Waals surface area contributed by atoms with Crippen molar-refractivity contribution in [3.63, 3.8) is 0 Å². The average Bonchev–Trinajstić information content (AvgIpc) is 2.47. The van der Waals surface area contributed by atoms with Gasteiger partial charge in [0.1, 0.15) is 7.11 Å². The van der Waals surface area contributed by atoms with Crippen LogP contribution in [0.2, 0.25) is 0 Å². The molecule has 0 N–H and O–H groups in total. The highest BCUT2D eigenvalue weighted by atomic mass is 31.0. The van der Waals surface area contributed by atoms with Crippen molar-refractivity contribution in [1.29, 1.82) is 0 Å². The van der Waals surface area contributed by atoms with Crippen LogP contribution in [-0.4, -0.2) is 11.6 Å². The lowest BCUT2D eigenvalue weighted by Gasteiger charge is -1.99. The van der Waals surface area contributed by atoms with E-state index in [0.29, 0.717) is 0 Å². The minimum Gasteiger partial charge on any atom is -0.413 e. The summed E-state index contributed by atoms with van der Waals surface area (Å²) >= 11 is 0. The fraction of sp³-hybridized carbons (Fsp3) is 0.125. The smallest absolute Gasteiger partial charge is 0.104 e. The first-order valence-electron chi connectivity index (χ1n) is 3.39. The van der Waals surface area contributed by atoms with Crippen molar-refractivity contribution in [2.45, 2.75) is 0 Å². The van der Waals surface area contributed by atoms with Gasteiger partial charge >= 0.3 is 0 Å². The van der Waals surface area contributed by atoms with E-state index in [4.69, 9.17) is 4.84 Å². The van der Waals surface area contributed by atoms with Crippen LogP contribution in [-0.2, 0) is 0 Å². The van der Waals surface area contributed by atoms with Crippen molar-refractivity contribution in [1.82, 2.24) is 4.49 Å². The first-order valence-corrected chi connectivity index (χ1v) is 4.31. The second-order valence-corrected chi connectivity index (χ2v) is 3.11. The Labute approximate surface area is 66.5 Å². The van der Waals surface area contributed by atoms with E-state index in [1.54, 1.807) is 7.11 Å². The minimum absolute atomic E-state index is 1.09. The zero-order valence-corrected chi connectivity index (χ0v) is 7.08. The minimum atomic E-state index is 1.09. The Morgan fingerprint density at radius 2 is 2.18 bits per heavy atom. The number of benzene rings is 1. The molecule has 2 aromatic rings. The molecule has 0 spiro atoms. The fourth-order valence-corrected chi connectivity index (χ4v) is 1.94. The van der Waals surface area contributed by atoms with Crippen LogP contribution in [0, 0.1) is 0 Å². The van der Waals surface area contributed by atoms with Gasteiger partial charge in [0.25, 0.3) is 0 Å². The van der Waals surface area contributed by atoms with Crippen LogP contribution in [0.15, 0.2) is 30.1 Å². The highest BCUT2D eigenvalue weighted by molar-refractivity contribution is 7.26. The normalized spacial score (nSPS) is 11.0. The van der Waals surface area contributed by atoms with Crippen LogP contribution in [0.1, 0.15) is 0 Å². The van der Waals surface area contributed by atoms with Crippen molar-refractivity contribution in [3.05, 3.63) is 30.1 Å². The van der Waals surface area contributed by atoms with Gasteiger partial charge in [-0.3, -0.25) is 0 Å². The Balaban J connectivity index is 2.76. The number of aromatic nitrogens is 1. The average molecular weight is 165 g/mol. The van der Waals surface area contributed by atoms with Crippen LogP contribution >= 0.6 is 8.35 Å². The van der Waals surface area contributed by atoms with Crippen molar-refractivity contribution in [2.75, 3.05) is 7.11 Å². The van der Waals surface area contributed by atoms with E-state index in [1.807, 2.05) is 16.6 Å². The summed E-state index contributed by atoms with van der Waals surface area (Å²) in [5, 5.41) is 1.25. The summed E-state index contributed by atoms with van der Waals surface area (Å²) in [5.74, 6) is 2.12. The zero-order valence-electron chi connectivity index (χ0n) is 6.19. The molecule has 11 heavy (non-hydrogen) atoms. The molecule has 3 heteroatoms. The summed E-state index contributed by atoms with van der Waals surface area (Å²) in [5.41, 5.74) is 1.15. The van der Waals surface area contributed by atoms with E-state index in [0.717, 1.165) is 13.9 Å². The number of nitrogens with zero attached hydrogens (tertiary/aromatic N) is 1. The maximum Gasteiger partial charge on any atom is 0.104 e. The molecule has 0 amide bonds. The molecule has 1 heterocycles. The Morgan fingerprint density at radius 1 is 1.36 bits per heavy atom. The molecule has 0 bridgehead atoms. The molecule has 0 fully saturated rings. The SMILES string of the molecule is COn1pcc2ccccc21. The van der Waals surface area contributed by atoms with E-state index in [-0.39, 0.29) is 0 Å². The summed E-state index contributed by atoms with van der Waals surface area (Å²) in [7, 11) is 2.77. The van der Waals surface area contributed by atoms with Gasteiger partial charge in [-0.2, -0.15) is 4.49 Å². The Kier molecular flexibility index (Phi) is 1.55. The van der Waals surface area contributed by atoms with Gasteiger partial charge in [-0.25, -0.2) is 0 Å². The third-order valence-electron chi connectivity index (χ3n) is 1.62. The Morgan fingerprint density at radius 3 is 3.00 bits per heavy atom. The van der Waals surface area contributed by atoms with Crippen molar-refractivity contribution in [3.8, 4) is 0 Å². The Hall–Kier alpha value is -1.01. The second kappa shape index (κ2) is 2.55. The third-order valence-corrected chi connectivity index (χ3v) is 2.60. The molecule has 0 aliphatic carbocycles. The van der Waals surface area contributed by atoms with Crippen LogP contribution < -0.4 is 4.84 Å². The number of rotatable bonds is 1. The largest absolute Gasteiger partial charge is 0.413 e. The van der Waals surface area contributed by atoms with Gasteiger partial charge in [0, 0.05) is 5.39 Å². The van der Waals surface area contributed by atoms with Gasteiger partial charge in [0.05, 0.1) is 13.9 Å². The first-order chi connectivity index (χ1) is 5.42. The van der Waals surface area contributed by atoms with Crippen molar-refractivity contribution >= 4 is 19.3 Å². The van der Waals surface area contributed by atoms with Crippen molar-refractivity contribution in [2.24, 2.45) is 0 Å². The summed E-state index contributed by atoms with van der Waals surface area (Å²) in [6.07, 6.45) is 0. The molecule has 0 atom stereocenters.